The molecule has 2 heterocycles. The number of sulfonamides is 1. The molecular weight excluding hydrogens is 474 g/mol. The van der Waals surface area contributed by atoms with E-state index < -0.39 is 10.0 Å². The van der Waals surface area contributed by atoms with Gasteiger partial charge < -0.3 is 9.80 Å². The summed E-state index contributed by atoms with van der Waals surface area (Å²) in [5.41, 5.74) is 3.27. The van der Waals surface area contributed by atoms with Crippen molar-refractivity contribution in [2.45, 2.75) is 38.0 Å². The van der Waals surface area contributed by atoms with Crippen LogP contribution in [0.25, 0.3) is 0 Å². The Morgan fingerprint density at radius 2 is 1.64 bits per heavy atom. The van der Waals surface area contributed by atoms with Gasteiger partial charge in [0, 0.05) is 40.9 Å². The highest BCUT2D eigenvalue weighted by Crippen LogP contribution is 2.24. The van der Waals surface area contributed by atoms with Crippen molar-refractivity contribution in [3.63, 3.8) is 0 Å². The summed E-state index contributed by atoms with van der Waals surface area (Å²) in [6.07, 6.45) is 3.80. The third kappa shape index (κ3) is 6.20. The van der Waals surface area contributed by atoms with Crippen molar-refractivity contribution in [3.8, 4) is 0 Å². The monoisotopic (exact) mass is 511 g/mol. The lowest BCUT2D eigenvalue weighted by Crippen LogP contribution is -2.49. The van der Waals surface area contributed by atoms with Crippen LogP contribution in [0.4, 0.5) is 11.5 Å². The average molecular weight is 512 g/mol. The van der Waals surface area contributed by atoms with Crippen LogP contribution >= 0.6 is 0 Å². The van der Waals surface area contributed by atoms with Crippen molar-refractivity contribution in [1.29, 1.82) is 0 Å². The highest BCUT2D eigenvalue weighted by atomic mass is 32.2. The van der Waals surface area contributed by atoms with Crippen LogP contribution in [-0.2, 0) is 21.2 Å². The van der Waals surface area contributed by atoms with Crippen molar-refractivity contribution < 1.29 is 16.1 Å². The van der Waals surface area contributed by atoms with Crippen LogP contribution in [0.3, 0.4) is 0 Å². The minimum absolute atomic E-state index is 0. The van der Waals surface area contributed by atoms with E-state index in [1.165, 1.54) is 24.2 Å². The Morgan fingerprint density at radius 3 is 2.22 bits per heavy atom. The predicted molar refractivity (Wildman–Crippen MR) is 146 cm³/mol. The molecule has 3 aromatic rings. The number of aromatic nitrogens is 2. The van der Waals surface area contributed by atoms with E-state index in [9.17, 15) is 13.2 Å². The summed E-state index contributed by atoms with van der Waals surface area (Å²) in [6, 6.07) is 16.7. The van der Waals surface area contributed by atoms with E-state index in [0.717, 1.165) is 17.7 Å². The van der Waals surface area contributed by atoms with Crippen LogP contribution in [0.15, 0.2) is 72.0 Å². The molecule has 1 atom stereocenters. The Hall–Kier alpha value is -3.46. The zero-order chi connectivity index (χ0) is 25.7. The van der Waals surface area contributed by atoms with Gasteiger partial charge in [-0.25, -0.2) is 18.4 Å². The maximum absolute atomic E-state index is 13.1. The van der Waals surface area contributed by atoms with Gasteiger partial charge in [0.25, 0.3) is 10.0 Å². The number of anilines is 2. The second-order valence-corrected chi connectivity index (χ2v) is 11.2. The minimum Gasteiger partial charge on any atom is -0.368 e. The Kier molecular flexibility index (Phi) is 7.88. The van der Waals surface area contributed by atoms with Gasteiger partial charge in [0.2, 0.25) is 5.91 Å². The number of piperazine rings is 1. The van der Waals surface area contributed by atoms with Crippen LogP contribution in [-0.4, -0.2) is 55.4 Å². The second kappa shape index (κ2) is 11.1. The van der Waals surface area contributed by atoms with Crippen molar-refractivity contribution in [3.05, 3.63) is 78.2 Å². The summed E-state index contributed by atoms with van der Waals surface area (Å²) in [5, 5.41) is 0. The fourth-order valence-electron chi connectivity index (χ4n) is 4.40. The molecule has 1 amide bonds. The van der Waals surface area contributed by atoms with E-state index >= 15 is 0 Å². The lowest BCUT2D eigenvalue weighted by molar-refractivity contribution is -0.132. The zero-order valence-corrected chi connectivity index (χ0v) is 21.8. The molecule has 2 aromatic carbocycles. The first-order chi connectivity index (χ1) is 17.2. The molecule has 1 aliphatic rings. The molecule has 0 spiro atoms. The molecular formula is C27H37N5O3S. The number of nitrogens with zero attached hydrogens (tertiary/aromatic N) is 4. The number of hydrogen-bond donors (Lipinski definition) is 1. The van der Waals surface area contributed by atoms with Gasteiger partial charge in [-0.15, -0.1) is 0 Å². The van der Waals surface area contributed by atoms with E-state index in [1.54, 1.807) is 24.3 Å². The van der Waals surface area contributed by atoms with Gasteiger partial charge in [-0.3, -0.25) is 9.52 Å². The van der Waals surface area contributed by atoms with Gasteiger partial charge in [0.1, 0.15) is 12.1 Å². The Balaban J connectivity index is 0.00000253. The number of carbonyl (C=O) groups excluding carboxylic acids is 1. The SMILES string of the molecule is CC(C)Cc1ccc([C@H](C)C(=O)N2CCN(c3ccc(S(=O)(=O)Nc4ccncn4)cc3)CC2)cc1.[HH].[HH]. The maximum Gasteiger partial charge on any atom is 0.263 e. The van der Waals surface area contributed by atoms with E-state index in [2.05, 4.69) is 57.7 Å². The first-order valence-electron chi connectivity index (χ1n) is 12.2. The van der Waals surface area contributed by atoms with Crippen LogP contribution in [0.2, 0.25) is 0 Å². The van der Waals surface area contributed by atoms with Gasteiger partial charge in [-0.2, -0.15) is 0 Å². The Labute approximate surface area is 216 Å². The third-order valence-corrected chi connectivity index (χ3v) is 7.79. The normalized spacial score (nSPS) is 15.1. The molecule has 4 rings (SSSR count). The highest BCUT2D eigenvalue weighted by molar-refractivity contribution is 7.92. The molecule has 0 radical (unpaired) electrons. The molecule has 0 unspecified atom stereocenters. The molecule has 9 heteroatoms. The van der Waals surface area contributed by atoms with E-state index in [0.29, 0.717) is 32.1 Å². The summed E-state index contributed by atoms with van der Waals surface area (Å²) >= 11 is 0. The fraction of sp³-hybridized carbons (Fsp3) is 0.370. The molecule has 1 fully saturated rings. The molecule has 1 saturated heterocycles. The summed E-state index contributed by atoms with van der Waals surface area (Å²) in [6.45, 7) is 9.02. The predicted octanol–water partition coefficient (Wildman–Crippen LogP) is 4.42. The number of carbonyl (C=O) groups is 1. The molecule has 0 aliphatic carbocycles. The Morgan fingerprint density at radius 1 is 0.972 bits per heavy atom. The molecule has 1 aliphatic heterocycles. The number of rotatable bonds is 8. The van der Waals surface area contributed by atoms with Crippen LogP contribution < -0.4 is 9.62 Å². The van der Waals surface area contributed by atoms with Crippen LogP contribution in [0, 0.1) is 5.92 Å². The smallest absolute Gasteiger partial charge is 0.263 e. The first kappa shape index (κ1) is 25.6. The fourth-order valence-corrected chi connectivity index (χ4v) is 5.41. The van der Waals surface area contributed by atoms with Crippen molar-refractivity contribution >= 4 is 27.4 Å². The summed E-state index contributed by atoms with van der Waals surface area (Å²) < 4.78 is 27.7. The van der Waals surface area contributed by atoms with Crippen LogP contribution in [0.1, 0.15) is 40.7 Å². The van der Waals surface area contributed by atoms with E-state index in [-0.39, 0.29) is 25.4 Å². The molecule has 8 nitrogen and oxygen atoms in total. The summed E-state index contributed by atoms with van der Waals surface area (Å²) in [4.78, 5) is 25.1. The van der Waals surface area contributed by atoms with E-state index in [1.807, 2.05) is 11.8 Å². The third-order valence-electron chi connectivity index (χ3n) is 6.42. The molecule has 0 saturated carbocycles. The Bertz CT molecular complexity index is 1270. The van der Waals surface area contributed by atoms with Gasteiger partial charge >= 0.3 is 0 Å². The van der Waals surface area contributed by atoms with E-state index in [4.69, 9.17) is 0 Å². The molecule has 0 bridgehead atoms. The maximum atomic E-state index is 13.1. The number of amides is 1. The molecule has 194 valence electrons. The molecule has 1 N–H and O–H groups in total. The van der Waals surface area contributed by atoms with Crippen LogP contribution in [0.5, 0.6) is 0 Å². The highest BCUT2D eigenvalue weighted by Gasteiger charge is 2.26. The number of nitrogens with one attached hydrogen (secondary N) is 1. The lowest BCUT2D eigenvalue weighted by atomic mass is 9.95. The first-order valence-corrected chi connectivity index (χ1v) is 13.7. The average Bonchev–Trinajstić information content (AvgIpc) is 2.88. The van der Waals surface area contributed by atoms with Gasteiger partial charge in [-0.1, -0.05) is 38.1 Å². The summed E-state index contributed by atoms with van der Waals surface area (Å²) in [5.74, 6) is 0.781. The van der Waals surface area contributed by atoms with Crippen molar-refractivity contribution in [1.82, 2.24) is 14.9 Å². The molecule has 1 aromatic heterocycles. The lowest BCUT2D eigenvalue weighted by Gasteiger charge is -2.37. The number of benzene rings is 2. The van der Waals surface area contributed by atoms with Crippen molar-refractivity contribution in [2.75, 3.05) is 35.8 Å². The minimum atomic E-state index is -3.74. The quantitative estimate of drug-likeness (QED) is 0.481. The topological polar surface area (TPSA) is 95.5 Å². The second-order valence-electron chi connectivity index (χ2n) is 9.57. The summed E-state index contributed by atoms with van der Waals surface area (Å²) in [7, 11) is -3.74. The van der Waals surface area contributed by atoms with Gasteiger partial charge in [0.05, 0.1) is 10.8 Å². The largest absolute Gasteiger partial charge is 0.368 e. The van der Waals surface area contributed by atoms with Crippen molar-refractivity contribution in [2.24, 2.45) is 5.92 Å². The zero-order valence-electron chi connectivity index (χ0n) is 21.0. The standard InChI is InChI=1S/C27H33N5O3S.2H2/c1-20(2)18-22-4-6-23(7-5-22)21(3)27(33)32-16-14-31(15-17-32)24-8-10-25(11-9-24)36(34,35)30-26-12-13-28-19-29-26;;/h4-13,19-21H,14-18H2,1-3H3,(H,28,29,30);2*1H/t21-;;/m0../s1. The number of hydrogen-bond acceptors (Lipinski definition) is 6. The van der Waals surface area contributed by atoms with Gasteiger partial charge in [-0.05, 0) is 60.7 Å². The van der Waals surface area contributed by atoms with Gasteiger partial charge in [0.15, 0.2) is 0 Å². The molecule has 36 heavy (non-hydrogen) atoms.